The van der Waals surface area contributed by atoms with Crippen LogP contribution in [-0.4, -0.2) is 29.5 Å². The maximum atomic E-state index is 12.9. The van der Waals surface area contributed by atoms with Crippen LogP contribution in [0.25, 0.3) is 6.08 Å². The molecule has 0 aliphatic heterocycles. The third kappa shape index (κ3) is 5.01. The summed E-state index contributed by atoms with van der Waals surface area (Å²) in [6, 6.07) is 3.95. The van der Waals surface area contributed by atoms with Crippen LogP contribution in [0.1, 0.15) is 5.56 Å². The first-order valence-corrected chi connectivity index (χ1v) is 5.31. The molecule has 1 aromatic rings. The van der Waals surface area contributed by atoms with Crippen LogP contribution < -0.4 is 4.74 Å². The molecule has 0 saturated carbocycles. The summed E-state index contributed by atoms with van der Waals surface area (Å²) < 4.78 is 77.8. The molecule has 21 heavy (non-hydrogen) atoms. The Morgan fingerprint density at radius 1 is 1.14 bits per heavy atom. The second-order valence-corrected chi connectivity index (χ2v) is 3.81. The molecule has 0 aromatic heterocycles. The van der Waals surface area contributed by atoms with E-state index in [1.807, 2.05) is 0 Å². The van der Waals surface area contributed by atoms with Crippen LogP contribution in [-0.2, 0) is 4.79 Å². The minimum atomic E-state index is -5.76. The van der Waals surface area contributed by atoms with E-state index in [4.69, 9.17) is 5.11 Å². The Balaban J connectivity index is 2.82. The molecule has 0 fully saturated rings. The summed E-state index contributed by atoms with van der Waals surface area (Å²) in [5.41, 5.74) is 0.278. The molecule has 0 radical (unpaired) electrons. The monoisotopic (exact) mass is 314 g/mol. The number of hydrogen-bond donors (Lipinski definition) is 1. The fourth-order valence-corrected chi connectivity index (χ4v) is 1.21. The van der Waals surface area contributed by atoms with Crippen molar-refractivity contribution in [3.05, 3.63) is 35.9 Å². The Morgan fingerprint density at radius 3 is 2.10 bits per heavy atom. The molecule has 0 aliphatic rings. The molecule has 116 valence electrons. The van der Waals surface area contributed by atoms with Crippen LogP contribution in [0.4, 0.5) is 26.3 Å². The predicted molar refractivity (Wildman–Crippen MR) is 59.6 cm³/mol. The summed E-state index contributed by atoms with van der Waals surface area (Å²) in [5, 5.41) is 8.36. The molecule has 1 atom stereocenters. The van der Waals surface area contributed by atoms with E-state index in [-0.39, 0.29) is 5.56 Å². The molecular weight excluding hydrogens is 306 g/mol. The van der Waals surface area contributed by atoms with E-state index in [1.54, 1.807) is 0 Å². The first kappa shape index (κ1) is 16.9. The molecule has 0 amide bonds. The minimum Gasteiger partial charge on any atom is -0.478 e. The van der Waals surface area contributed by atoms with E-state index in [1.165, 1.54) is 0 Å². The summed E-state index contributed by atoms with van der Waals surface area (Å²) >= 11 is 0. The number of aliphatic carboxylic acids is 1. The average Bonchev–Trinajstić information content (AvgIpc) is 2.35. The minimum absolute atomic E-state index is 0.278. The maximum absolute atomic E-state index is 12.9. The Kier molecular flexibility index (Phi) is 4.87. The first-order valence-electron chi connectivity index (χ1n) is 5.31. The van der Waals surface area contributed by atoms with Crippen molar-refractivity contribution in [2.24, 2.45) is 0 Å². The molecule has 1 rings (SSSR count). The van der Waals surface area contributed by atoms with Gasteiger partial charge in [-0.05, 0) is 23.8 Å². The van der Waals surface area contributed by atoms with Gasteiger partial charge in [0.1, 0.15) is 5.75 Å². The van der Waals surface area contributed by atoms with E-state index < -0.39 is 30.2 Å². The Hall–Kier alpha value is -2.19. The molecule has 1 N–H and O–H groups in total. The zero-order valence-corrected chi connectivity index (χ0v) is 10.1. The van der Waals surface area contributed by atoms with Crippen LogP contribution in [0.3, 0.4) is 0 Å². The van der Waals surface area contributed by atoms with E-state index in [0.29, 0.717) is 0 Å². The second kappa shape index (κ2) is 6.06. The third-order valence-electron chi connectivity index (χ3n) is 2.13. The predicted octanol–water partition coefficient (Wildman–Crippen LogP) is 3.66. The normalized spacial score (nSPS) is 14.2. The fourth-order valence-electron chi connectivity index (χ4n) is 1.21. The van der Waals surface area contributed by atoms with Crippen molar-refractivity contribution >= 4 is 12.0 Å². The van der Waals surface area contributed by atoms with Gasteiger partial charge in [-0.25, -0.2) is 9.18 Å². The highest BCUT2D eigenvalue weighted by atomic mass is 19.4. The van der Waals surface area contributed by atoms with Crippen LogP contribution in [0.15, 0.2) is 30.3 Å². The zero-order chi connectivity index (χ0) is 16.3. The lowest BCUT2D eigenvalue weighted by Gasteiger charge is -2.23. The summed E-state index contributed by atoms with van der Waals surface area (Å²) in [6.45, 7) is 0. The lowest BCUT2D eigenvalue weighted by Crippen LogP contribution is -2.45. The van der Waals surface area contributed by atoms with Crippen LogP contribution in [0.2, 0.25) is 0 Å². The fraction of sp³-hybridized carbons (Fsp3) is 0.250. The summed E-state index contributed by atoms with van der Waals surface area (Å²) in [5.74, 6) is -1.94. The van der Waals surface area contributed by atoms with E-state index >= 15 is 0 Å². The number of ether oxygens (including phenoxy) is 1. The summed E-state index contributed by atoms with van der Waals surface area (Å²) in [6.07, 6.45) is -13.4. The number of carboxylic acids is 1. The number of hydrogen-bond acceptors (Lipinski definition) is 2. The molecular formula is C12H8F6O3. The average molecular weight is 314 g/mol. The topological polar surface area (TPSA) is 46.5 Å². The number of carbonyl (C=O) groups is 1. The highest BCUT2D eigenvalue weighted by Gasteiger charge is 2.59. The van der Waals surface area contributed by atoms with Crippen molar-refractivity contribution in [3.63, 3.8) is 0 Å². The van der Waals surface area contributed by atoms with Gasteiger partial charge in [0, 0.05) is 6.08 Å². The number of alkyl halides is 6. The van der Waals surface area contributed by atoms with Gasteiger partial charge in [-0.2, -0.15) is 22.0 Å². The van der Waals surface area contributed by atoms with Gasteiger partial charge in [-0.15, -0.1) is 0 Å². The highest BCUT2D eigenvalue weighted by Crippen LogP contribution is 2.36. The van der Waals surface area contributed by atoms with Crippen LogP contribution >= 0.6 is 0 Å². The zero-order valence-electron chi connectivity index (χ0n) is 10.1. The molecule has 0 spiro atoms. The van der Waals surface area contributed by atoms with Crippen molar-refractivity contribution in [2.75, 3.05) is 0 Å². The molecule has 0 saturated heterocycles. The summed E-state index contributed by atoms with van der Waals surface area (Å²) in [7, 11) is 0. The number of benzene rings is 1. The van der Waals surface area contributed by atoms with Gasteiger partial charge in [-0.1, -0.05) is 12.1 Å². The Labute approximate surface area is 114 Å². The van der Waals surface area contributed by atoms with Gasteiger partial charge < -0.3 is 9.84 Å². The van der Waals surface area contributed by atoms with Crippen molar-refractivity contribution in [1.29, 1.82) is 0 Å². The van der Waals surface area contributed by atoms with Crippen molar-refractivity contribution in [3.8, 4) is 5.75 Å². The lowest BCUT2D eigenvalue weighted by molar-refractivity contribution is -0.304. The van der Waals surface area contributed by atoms with Gasteiger partial charge in [0.2, 0.25) is 0 Å². The highest BCUT2D eigenvalue weighted by molar-refractivity contribution is 5.85. The molecule has 0 bridgehead atoms. The van der Waals surface area contributed by atoms with Crippen LogP contribution in [0.5, 0.6) is 5.75 Å². The standard InChI is InChI=1S/C12H8F6O3/c13-10(11(14,15)16)12(17,18)21-8-4-1-7(2-5-8)3-6-9(19)20/h1-6,10H,(H,19,20)/t10-/m1/s1. The molecule has 0 aliphatic carbocycles. The molecule has 0 unspecified atom stereocenters. The lowest BCUT2D eigenvalue weighted by atomic mass is 10.2. The number of rotatable bonds is 5. The van der Waals surface area contributed by atoms with Crippen molar-refractivity contribution < 1.29 is 41.0 Å². The first-order chi connectivity index (χ1) is 9.52. The van der Waals surface area contributed by atoms with Gasteiger partial charge in [0.05, 0.1) is 0 Å². The number of halogens is 6. The second-order valence-electron chi connectivity index (χ2n) is 3.81. The van der Waals surface area contributed by atoms with Crippen LogP contribution in [0, 0.1) is 0 Å². The maximum Gasteiger partial charge on any atom is 0.439 e. The molecule has 3 nitrogen and oxygen atoms in total. The largest absolute Gasteiger partial charge is 0.478 e. The molecule has 9 heteroatoms. The van der Waals surface area contributed by atoms with Gasteiger partial charge in [-0.3, -0.25) is 0 Å². The van der Waals surface area contributed by atoms with Crippen molar-refractivity contribution in [2.45, 2.75) is 18.5 Å². The van der Waals surface area contributed by atoms with Crippen molar-refractivity contribution in [1.82, 2.24) is 0 Å². The van der Waals surface area contributed by atoms with Gasteiger partial charge in [0.25, 0.3) is 6.17 Å². The quantitative estimate of drug-likeness (QED) is 0.666. The van der Waals surface area contributed by atoms with E-state index in [9.17, 15) is 31.1 Å². The van der Waals surface area contributed by atoms with E-state index in [0.717, 1.165) is 36.4 Å². The molecule has 1 aromatic carbocycles. The van der Waals surface area contributed by atoms with E-state index in [2.05, 4.69) is 4.74 Å². The molecule has 0 heterocycles. The Morgan fingerprint density at radius 2 is 1.67 bits per heavy atom. The summed E-state index contributed by atoms with van der Waals surface area (Å²) in [4.78, 5) is 10.2. The SMILES string of the molecule is O=C(O)C=Cc1ccc(OC(F)(F)[C@H](F)C(F)(F)F)cc1. The Bertz CT molecular complexity index is 521. The third-order valence-corrected chi connectivity index (χ3v) is 2.13. The smallest absolute Gasteiger partial charge is 0.439 e. The van der Waals surface area contributed by atoms with Gasteiger partial charge in [0.15, 0.2) is 0 Å². The van der Waals surface area contributed by atoms with Gasteiger partial charge >= 0.3 is 18.3 Å². The number of carboxylic acid groups (broad SMARTS) is 1.